The molecular formula is C20H22N2O5. The predicted octanol–water partition coefficient (Wildman–Crippen LogP) is 2.24. The number of nitrogens with one attached hydrogen (secondary N) is 1. The Labute approximate surface area is 157 Å². The molecule has 2 aliphatic rings. The fraction of sp³-hybridized carbons (Fsp3) is 0.400. The molecule has 2 atom stereocenters. The lowest BCUT2D eigenvalue weighted by molar-refractivity contribution is -0.146. The van der Waals surface area contributed by atoms with Crippen molar-refractivity contribution in [3.63, 3.8) is 0 Å². The van der Waals surface area contributed by atoms with E-state index in [0.717, 1.165) is 11.3 Å². The van der Waals surface area contributed by atoms with Crippen LogP contribution < -0.4 is 5.32 Å². The van der Waals surface area contributed by atoms with Gasteiger partial charge in [-0.1, -0.05) is 12.1 Å². The molecule has 142 valence electrons. The smallest absolute Gasteiger partial charge is 0.337 e. The molecular weight excluding hydrogens is 348 g/mol. The fourth-order valence-corrected chi connectivity index (χ4v) is 3.43. The summed E-state index contributed by atoms with van der Waals surface area (Å²) >= 11 is 0. The SMILES string of the molecule is CCOC(=O)C1C(C)=NC2=C(C(=O)OC2)C1c1ccc(NCC(C)=O)cc1. The first-order valence-corrected chi connectivity index (χ1v) is 8.87. The number of aliphatic imine (C=N–C) groups is 1. The molecule has 0 bridgehead atoms. The van der Waals surface area contributed by atoms with E-state index in [0.29, 0.717) is 17.0 Å². The van der Waals surface area contributed by atoms with Crippen molar-refractivity contribution in [1.82, 2.24) is 0 Å². The van der Waals surface area contributed by atoms with Gasteiger partial charge in [-0.25, -0.2) is 4.79 Å². The van der Waals surface area contributed by atoms with E-state index in [1.54, 1.807) is 13.8 Å². The van der Waals surface area contributed by atoms with Gasteiger partial charge >= 0.3 is 11.9 Å². The average molecular weight is 370 g/mol. The van der Waals surface area contributed by atoms with Crippen LogP contribution in [0.4, 0.5) is 5.69 Å². The van der Waals surface area contributed by atoms with Crippen molar-refractivity contribution in [3.8, 4) is 0 Å². The maximum Gasteiger partial charge on any atom is 0.337 e. The van der Waals surface area contributed by atoms with Crippen molar-refractivity contribution in [3.05, 3.63) is 41.1 Å². The monoisotopic (exact) mass is 370 g/mol. The number of rotatable bonds is 6. The highest BCUT2D eigenvalue weighted by Gasteiger charge is 2.45. The summed E-state index contributed by atoms with van der Waals surface area (Å²) in [6.07, 6.45) is 0. The minimum Gasteiger partial charge on any atom is -0.465 e. The molecule has 0 amide bonds. The standard InChI is InChI=1S/C20H22N2O5/c1-4-26-19(24)16-12(3)22-15-10-27-20(25)18(15)17(16)13-5-7-14(8-6-13)21-9-11(2)23/h5-8,16-17,21H,4,9-10H2,1-3H3. The Balaban J connectivity index is 1.97. The number of carbonyl (C=O) groups is 3. The predicted molar refractivity (Wildman–Crippen MR) is 99.6 cm³/mol. The van der Waals surface area contributed by atoms with Gasteiger partial charge in [-0.15, -0.1) is 0 Å². The largest absolute Gasteiger partial charge is 0.465 e. The molecule has 1 aromatic carbocycles. The molecule has 1 aromatic rings. The summed E-state index contributed by atoms with van der Waals surface area (Å²) in [5.41, 5.74) is 3.17. The Hall–Kier alpha value is -2.96. The molecule has 2 unspecified atom stereocenters. The molecule has 0 fully saturated rings. The third-order valence-corrected chi connectivity index (χ3v) is 4.63. The average Bonchev–Trinajstić information content (AvgIpc) is 3.00. The summed E-state index contributed by atoms with van der Waals surface area (Å²) in [6.45, 7) is 5.63. The van der Waals surface area contributed by atoms with Crippen LogP contribution in [0.3, 0.4) is 0 Å². The first kappa shape index (κ1) is 18.8. The zero-order chi connectivity index (χ0) is 19.6. The first-order valence-electron chi connectivity index (χ1n) is 8.87. The minimum atomic E-state index is -0.676. The third kappa shape index (κ3) is 3.77. The summed E-state index contributed by atoms with van der Waals surface area (Å²) in [4.78, 5) is 40.5. The Kier molecular flexibility index (Phi) is 5.39. The van der Waals surface area contributed by atoms with Gasteiger partial charge in [0.15, 0.2) is 0 Å². The van der Waals surface area contributed by atoms with Crippen molar-refractivity contribution >= 4 is 29.1 Å². The van der Waals surface area contributed by atoms with E-state index in [4.69, 9.17) is 9.47 Å². The van der Waals surface area contributed by atoms with Crippen LogP contribution in [0.5, 0.6) is 0 Å². The minimum absolute atomic E-state index is 0.0315. The van der Waals surface area contributed by atoms with Crippen molar-refractivity contribution in [2.45, 2.75) is 26.7 Å². The summed E-state index contributed by atoms with van der Waals surface area (Å²) in [7, 11) is 0. The number of ketones is 1. The lowest BCUT2D eigenvalue weighted by Crippen LogP contribution is -2.35. The van der Waals surface area contributed by atoms with Crippen molar-refractivity contribution in [1.29, 1.82) is 0 Å². The van der Waals surface area contributed by atoms with Gasteiger partial charge in [-0.3, -0.25) is 14.6 Å². The molecule has 0 aromatic heterocycles. The van der Waals surface area contributed by atoms with Gasteiger partial charge < -0.3 is 14.8 Å². The van der Waals surface area contributed by atoms with E-state index in [2.05, 4.69) is 10.3 Å². The van der Waals surface area contributed by atoms with Crippen LogP contribution in [-0.2, 0) is 23.9 Å². The van der Waals surface area contributed by atoms with Crippen LogP contribution in [0.1, 0.15) is 32.3 Å². The molecule has 3 rings (SSSR count). The first-order chi connectivity index (χ1) is 12.9. The molecule has 2 aliphatic heterocycles. The highest BCUT2D eigenvalue weighted by molar-refractivity contribution is 6.07. The molecule has 0 saturated carbocycles. The Morgan fingerprint density at radius 1 is 1.30 bits per heavy atom. The number of benzene rings is 1. The van der Waals surface area contributed by atoms with Gasteiger partial charge in [0.25, 0.3) is 0 Å². The molecule has 0 spiro atoms. The van der Waals surface area contributed by atoms with Gasteiger partial charge in [0.1, 0.15) is 18.3 Å². The summed E-state index contributed by atoms with van der Waals surface area (Å²) < 4.78 is 10.4. The second-order valence-electron chi connectivity index (χ2n) is 6.57. The molecule has 0 saturated heterocycles. The number of Topliss-reactive ketones (excluding diaryl/α,β-unsaturated/α-hetero) is 1. The van der Waals surface area contributed by atoms with Crippen LogP contribution in [0.15, 0.2) is 40.5 Å². The zero-order valence-electron chi connectivity index (χ0n) is 15.6. The van der Waals surface area contributed by atoms with E-state index in [-0.39, 0.29) is 25.5 Å². The molecule has 0 radical (unpaired) electrons. The highest BCUT2D eigenvalue weighted by Crippen LogP contribution is 2.42. The lowest BCUT2D eigenvalue weighted by atomic mass is 9.76. The van der Waals surface area contributed by atoms with Gasteiger partial charge in [0.05, 0.1) is 24.4 Å². The number of hydrogen-bond donors (Lipinski definition) is 1. The third-order valence-electron chi connectivity index (χ3n) is 4.63. The second kappa shape index (κ2) is 7.73. The fourth-order valence-electron chi connectivity index (χ4n) is 3.43. The Bertz CT molecular complexity index is 838. The summed E-state index contributed by atoms with van der Waals surface area (Å²) in [5.74, 6) is -2.00. The van der Waals surface area contributed by atoms with Crippen LogP contribution in [0.2, 0.25) is 0 Å². The number of carbonyl (C=O) groups excluding carboxylic acids is 3. The zero-order valence-corrected chi connectivity index (χ0v) is 15.6. The number of cyclic esters (lactones) is 1. The van der Waals surface area contributed by atoms with Crippen LogP contribution >= 0.6 is 0 Å². The van der Waals surface area contributed by atoms with E-state index >= 15 is 0 Å². The normalized spacial score (nSPS) is 21.3. The van der Waals surface area contributed by atoms with Crippen LogP contribution in [-0.4, -0.2) is 43.2 Å². The molecule has 7 heteroatoms. The Morgan fingerprint density at radius 3 is 2.63 bits per heavy atom. The molecule has 7 nitrogen and oxygen atoms in total. The summed E-state index contributed by atoms with van der Waals surface area (Å²) in [5, 5.41) is 3.02. The number of ether oxygens (including phenoxy) is 2. The van der Waals surface area contributed by atoms with Crippen LogP contribution in [0, 0.1) is 5.92 Å². The number of anilines is 1. The van der Waals surface area contributed by atoms with Gasteiger partial charge in [0, 0.05) is 17.3 Å². The maximum atomic E-state index is 12.6. The van der Waals surface area contributed by atoms with E-state index in [1.165, 1.54) is 6.92 Å². The Morgan fingerprint density at radius 2 is 2.00 bits per heavy atom. The van der Waals surface area contributed by atoms with Gasteiger partial charge in [0.2, 0.25) is 0 Å². The molecule has 27 heavy (non-hydrogen) atoms. The topological polar surface area (TPSA) is 94.1 Å². The molecule has 0 aliphatic carbocycles. The summed E-state index contributed by atoms with van der Waals surface area (Å²) in [6, 6.07) is 7.33. The quantitative estimate of drug-likeness (QED) is 0.772. The van der Waals surface area contributed by atoms with Crippen molar-refractivity contribution in [2.24, 2.45) is 10.9 Å². The number of nitrogens with zero attached hydrogens (tertiary/aromatic N) is 1. The van der Waals surface area contributed by atoms with E-state index in [1.807, 2.05) is 24.3 Å². The van der Waals surface area contributed by atoms with Gasteiger partial charge in [-0.2, -0.15) is 0 Å². The van der Waals surface area contributed by atoms with Crippen LogP contribution in [0.25, 0.3) is 0 Å². The second-order valence-corrected chi connectivity index (χ2v) is 6.57. The van der Waals surface area contributed by atoms with E-state index in [9.17, 15) is 14.4 Å². The van der Waals surface area contributed by atoms with Crippen molar-refractivity contribution in [2.75, 3.05) is 25.1 Å². The molecule has 2 heterocycles. The number of esters is 2. The maximum absolute atomic E-state index is 12.6. The highest BCUT2D eigenvalue weighted by atomic mass is 16.5. The molecule has 1 N–H and O–H groups in total. The van der Waals surface area contributed by atoms with E-state index < -0.39 is 23.8 Å². The van der Waals surface area contributed by atoms with Crippen molar-refractivity contribution < 1.29 is 23.9 Å². The lowest BCUT2D eigenvalue weighted by Gasteiger charge is -2.29. The number of hydrogen-bond acceptors (Lipinski definition) is 7. The van der Waals surface area contributed by atoms with Gasteiger partial charge in [-0.05, 0) is 38.5 Å².